The fraction of sp³-hybridized carbons (Fsp3) is 0.143. The van der Waals surface area contributed by atoms with Crippen molar-refractivity contribution in [1.29, 1.82) is 0 Å². The van der Waals surface area contributed by atoms with E-state index < -0.39 is 0 Å². The van der Waals surface area contributed by atoms with Crippen LogP contribution in [-0.4, -0.2) is 0 Å². The minimum atomic E-state index is -0.257. The molecule has 0 amide bonds. The van der Waals surface area contributed by atoms with Crippen LogP contribution in [0.2, 0.25) is 0 Å². The van der Waals surface area contributed by atoms with Crippen molar-refractivity contribution in [1.82, 2.24) is 0 Å². The van der Waals surface area contributed by atoms with Crippen molar-refractivity contribution < 1.29 is 9.13 Å². The molecule has 2 N–H and O–H groups in total. The molecule has 0 aliphatic heterocycles. The summed E-state index contributed by atoms with van der Waals surface area (Å²) in [5.41, 5.74) is 7.98. The molecule has 0 saturated carbocycles. The van der Waals surface area contributed by atoms with Crippen molar-refractivity contribution in [3.63, 3.8) is 0 Å². The number of hydrogen-bond acceptors (Lipinski definition) is 2. The molecular weight excluding hydrogens is 217 g/mol. The summed E-state index contributed by atoms with van der Waals surface area (Å²) in [5.74, 6) is 0.393. The summed E-state index contributed by atoms with van der Waals surface area (Å²) in [7, 11) is 0. The molecule has 0 saturated heterocycles. The highest BCUT2D eigenvalue weighted by Crippen LogP contribution is 2.20. The van der Waals surface area contributed by atoms with Gasteiger partial charge in [-0.1, -0.05) is 24.3 Å². The van der Waals surface area contributed by atoms with Crippen LogP contribution in [0.15, 0.2) is 42.5 Å². The Kier molecular flexibility index (Phi) is 3.28. The zero-order chi connectivity index (χ0) is 12.3. The highest BCUT2D eigenvalue weighted by Gasteiger charge is 2.02. The molecule has 0 atom stereocenters. The van der Waals surface area contributed by atoms with Gasteiger partial charge in [0.15, 0.2) is 0 Å². The van der Waals surface area contributed by atoms with Crippen molar-refractivity contribution >= 4 is 5.69 Å². The van der Waals surface area contributed by atoms with Gasteiger partial charge >= 0.3 is 0 Å². The number of aryl methyl sites for hydroxylation is 1. The first kappa shape index (κ1) is 11.5. The smallest absolute Gasteiger partial charge is 0.129 e. The van der Waals surface area contributed by atoms with E-state index in [1.54, 1.807) is 24.3 Å². The lowest BCUT2D eigenvalue weighted by Gasteiger charge is -2.08. The van der Waals surface area contributed by atoms with Crippen LogP contribution in [0.4, 0.5) is 10.1 Å². The molecule has 2 nitrogen and oxygen atoms in total. The van der Waals surface area contributed by atoms with Crippen LogP contribution in [0.25, 0.3) is 0 Å². The third-order valence-electron chi connectivity index (χ3n) is 2.60. The molecule has 0 unspecified atom stereocenters. The zero-order valence-electron chi connectivity index (χ0n) is 9.61. The Morgan fingerprint density at radius 2 is 1.94 bits per heavy atom. The average Bonchev–Trinajstić information content (AvgIpc) is 2.32. The monoisotopic (exact) mass is 231 g/mol. The summed E-state index contributed by atoms with van der Waals surface area (Å²) in [5, 5.41) is 0. The number of benzene rings is 2. The molecule has 2 aromatic carbocycles. The number of hydrogen-bond donors (Lipinski definition) is 1. The van der Waals surface area contributed by atoms with Gasteiger partial charge in [-0.3, -0.25) is 0 Å². The van der Waals surface area contributed by atoms with Crippen molar-refractivity contribution in [2.24, 2.45) is 0 Å². The van der Waals surface area contributed by atoms with Crippen LogP contribution < -0.4 is 10.5 Å². The molecule has 0 heterocycles. The van der Waals surface area contributed by atoms with E-state index in [2.05, 4.69) is 0 Å². The topological polar surface area (TPSA) is 35.2 Å². The Hall–Kier alpha value is -2.03. The number of rotatable bonds is 3. The Balaban J connectivity index is 2.08. The number of nitrogen functional groups attached to an aromatic ring is 1. The quantitative estimate of drug-likeness (QED) is 0.822. The van der Waals surface area contributed by atoms with Gasteiger partial charge in [0.25, 0.3) is 0 Å². The van der Waals surface area contributed by atoms with Gasteiger partial charge in [0.1, 0.15) is 18.2 Å². The summed E-state index contributed by atoms with van der Waals surface area (Å²) < 4.78 is 18.8. The predicted octanol–water partition coefficient (Wildman–Crippen LogP) is 3.30. The van der Waals surface area contributed by atoms with Gasteiger partial charge in [0, 0.05) is 17.3 Å². The van der Waals surface area contributed by atoms with Crippen molar-refractivity contribution in [2.45, 2.75) is 13.5 Å². The van der Waals surface area contributed by atoms with Gasteiger partial charge in [-0.05, 0) is 24.6 Å². The fourth-order valence-electron chi connectivity index (χ4n) is 1.48. The Morgan fingerprint density at radius 1 is 1.18 bits per heavy atom. The van der Waals surface area contributed by atoms with E-state index in [-0.39, 0.29) is 12.4 Å². The Morgan fingerprint density at radius 3 is 2.65 bits per heavy atom. The largest absolute Gasteiger partial charge is 0.489 e. The van der Waals surface area contributed by atoms with Crippen LogP contribution >= 0.6 is 0 Å². The molecule has 88 valence electrons. The van der Waals surface area contributed by atoms with Gasteiger partial charge in [-0.25, -0.2) is 4.39 Å². The van der Waals surface area contributed by atoms with E-state index in [1.165, 1.54) is 6.07 Å². The molecule has 0 fully saturated rings. The SMILES string of the molecule is Cc1ccc(OCc2ccccc2F)cc1N. The molecule has 0 aromatic heterocycles. The molecule has 0 aliphatic rings. The van der Waals surface area contributed by atoms with Crippen molar-refractivity contribution in [3.8, 4) is 5.75 Å². The Bertz CT molecular complexity index is 525. The molecular formula is C14H14FNO. The van der Waals surface area contributed by atoms with Crippen LogP contribution in [0.5, 0.6) is 5.75 Å². The second kappa shape index (κ2) is 4.87. The normalized spacial score (nSPS) is 10.2. The number of anilines is 1. The molecule has 0 bridgehead atoms. The first-order chi connectivity index (χ1) is 8.16. The summed E-state index contributed by atoms with van der Waals surface area (Å²) in [6.07, 6.45) is 0. The minimum absolute atomic E-state index is 0.204. The van der Waals surface area contributed by atoms with Crippen LogP contribution in [-0.2, 0) is 6.61 Å². The maximum Gasteiger partial charge on any atom is 0.129 e. The summed E-state index contributed by atoms with van der Waals surface area (Å²) in [6.45, 7) is 2.13. The molecule has 3 heteroatoms. The number of halogens is 1. The molecule has 17 heavy (non-hydrogen) atoms. The average molecular weight is 231 g/mol. The molecule has 0 radical (unpaired) electrons. The van der Waals surface area contributed by atoms with Gasteiger partial charge < -0.3 is 10.5 Å². The number of ether oxygens (including phenoxy) is 1. The molecule has 0 aliphatic carbocycles. The summed E-state index contributed by atoms with van der Waals surface area (Å²) in [4.78, 5) is 0. The highest BCUT2D eigenvalue weighted by atomic mass is 19.1. The van der Waals surface area contributed by atoms with Gasteiger partial charge in [-0.15, -0.1) is 0 Å². The third kappa shape index (κ3) is 2.75. The first-order valence-electron chi connectivity index (χ1n) is 5.39. The number of nitrogens with two attached hydrogens (primary N) is 1. The zero-order valence-corrected chi connectivity index (χ0v) is 9.61. The van der Waals surface area contributed by atoms with Gasteiger partial charge in [-0.2, -0.15) is 0 Å². The lowest BCUT2D eigenvalue weighted by molar-refractivity contribution is 0.300. The summed E-state index contributed by atoms with van der Waals surface area (Å²) in [6, 6.07) is 12.0. The molecule has 2 rings (SSSR count). The lowest BCUT2D eigenvalue weighted by atomic mass is 10.2. The fourth-order valence-corrected chi connectivity index (χ4v) is 1.48. The van der Waals surface area contributed by atoms with Crippen LogP contribution in [0.1, 0.15) is 11.1 Å². The van der Waals surface area contributed by atoms with E-state index in [9.17, 15) is 4.39 Å². The lowest BCUT2D eigenvalue weighted by Crippen LogP contribution is -1.99. The maximum atomic E-state index is 13.3. The molecule has 2 aromatic rings. The molecule has 0 spiro atoms. The minimum Gasteiger partial charge on any atom is -0.489 e. The predicted molar refractivity (Wildman–Crippen MR) is 66.3 cm³/mol. The van der Waals surface area contributed by atoms with E-state index in [0.29, 0.717) is 17.0 Å². The third-order valence-corrected chi connectivity index (χ3v) is 2.60. The Labute approximate surface area is 99.8 Å². The van der Waals surface area contributed by atoms with Gasteiger partial charge in [0.2, 0.25) is 0 Å². The first-order valence-corrected chi connectivity index (χ1v) is 5.39. The second-order valence-electron chi connectivity index (χ2n) is 3.90. The standard InChI is InChI=1S/C14H14FNO/c1-10-6-7-12(8-14(10)16)17-9-11-4-2-3-5-13(11)15/h2-8H,9,16H2,1H3. The second-order valence-corrected chi connectivity index (χ2v) is 3.90. The van der Waals surface area contributed by atoms with Crippen molar-refractivity contribution in [2.75, 3.05) is 5.73 Å². The van der Waals surface area contributed by atoms with E-state index >= 15 is 0 Å². The van der Waals surface area contributed by atoms with E-state index in [4.69, 9.17) is 10.5 Å². The van der Waals surface area contributed by atoms with Crippen LogP contribution in [0, 0.1) is 12.7 Å². The maximum absolute atomic E-state index is 13.3. The highest BCUT2D eigenvalue weighted by molar-refractivity contribution is 5.50. The van der Waals surface area contributed by atoms with Gasteiger partial charge in [0.05, 0.1) is 0 Å². The van der Waals surface area contributed by atoms with E-state index in [0.717, 1.165) is 5.56 Å². The van der Waals surface area contributed by atoms with Crippen molar-refractivity contribution in [3.05, 3.63) is 59.4 Å². The van der Waals surface area contributed by atoms with Crippen LogP contribution in [0.3, 0.4) is 0 Å². The summed E-state index contributed by atoms with van der Waals surface area (Å²) >= 11 is 0. The van der Waals surface area contributed by atoms with E-state index in [1.807, 2.05) is 19.1 Å².